The summed E-state index contributed by atoms with van der Waals surface area (Å²) >= 11 is 0. The quantitative estimate of drug-likeness (QED) is 0.489. The van der Waals surface area contributed by atoms with Gasteiger partial charge in [-0.2, -0.15) is 0 Å². The molecule has 0 spiro atoms. The molecule has 5 N–H and O–H groups in total. The van der Waals surface area contributed by atoms with E-state index in [2.05, 4.69) is 13.2 Å². The van der Waals surface area contributed by atoms with Crippen molar-refractivity contribution in [3.05, 3.63) is 25.6 Å². The smallest absolute Gasteiger partial charge is 0.415 e. The summed E-state index contributed by atoms with van der Waals surface area (Å²) < 4.78 is 10.4. The Morgan fingerprint density at radius 1 is 1.00 bits per heavy atom. The number of carboxylic acid groups (broad SMARTS) is 1. The Morgan fingerprint density at radius 2 is 1.40 bits per heavy atom. The van der Waals surface area contributed by atoms with Gasteiger partial charge in [-0.1, -0.05) is 13.2 Å². The fourth-order valence-electron chi connectivity index (χ4n) is 0.923. The summed E-state index contributed by atoms with van der Waals surface area (Å²) in [5.74, 6) is 0. The molecule has 7 nitrogen and oxygen atoms in total. The first kappa shape index (κ1) is 20.9. The Morgan fingerprint density at radius 3 is 1.60 bits per heavy atom. The number of carbonyl (C=O) groups is 1. The molecule has 0 bridgehead atoms. The van der Waals surface area contributed by atoms with E-state index in [9.17, 15) is 4.79 Å². The molecule has 0 saturated heterocycles. The molecular formula is C13H27N3O4. The monoisotopic (exact) mass is 289 g/mol. The van der Waals surface area contributed by atoms with Crippen LogP contribution < -0.4 is 11.5 Å². The molecule has 20 heavy (non-hydrogen) atoms. The molecule has 0 radical (unpaired) electrons. The van der Waals surface area contributed by atoms with Crippen LogP contribution in [0.5, 0.6) is 0 Å². The second kappa shape index (κ2) is 17.6. The Kier molecular flexibility index (Phi) is 18.4. The lowest BCUT2D eigenvalue weighted by Crippen LogP contribution is -2.15. The van der Waals surface area contributed by atoms with Crippen molar-refractivity contribution in [1.29, 1.82) is 0 Å². The molecule has 1 amide bonds. The second-order valence-corrected chi connectivity index (χ2v) is 3.56. The summed E-state index contributed by atoms with van der Waals surface area (Å²) in [7, 11) is 0. The number of nitrogens with two attached hydrogens (primary N) is 2. The summed E-state index contributed by atoms with van der Waals surface area (Å²) in [5.41, 5.74) is 10.6. The molecule has 0 aliphatic rings. The Balaban J connectivity index is 0. The molecule has 0 unspecified atom stereocenters. The van der Waals surface area contributed by atoms with Crippen molar-refractivity contribution in [2.24, 2.45) is 11.5 Å². The first-order chi connectivity index (χ1) is 9.63. The number of amides is 1. The summed E-state index contributed by atoms with van der Waals surface area (Å²) in [6.45, 7) is 10.6. The summed E-state index contributed by atoms with van der Waals surface area (Å²) in [5, 5.41) is 8.16. The molecule has 0 fully saturated rings. The van der Waals surface area contributed by atoms with E-state index in [0.717, 1.165) is 43.4 Å². The number of ether oxygens (including phenoxy) is 2. The molecule has 0 saturated carbocycles. The molecule has 0 heterocycles. The topological polar surface area (TPSA) is 111 Å². The minimum absolute atomic E-state index is 0.657. The van der Waals surface area contributed by atoms with Crippen LogP contribution in [-0.4, -0.2) is 55.6 Å². The highest BCUT2D eigenvalue weighted by atomic mass is 16.5. The average Bonchev–Trinajstić information content (AvgIpc) is 2.43. The lowest BCUT2D eigenvalue weighted by molar-refractivity contribution is 0.0471. The maximum Gasteiger partial charge on any atom is 0.415 e. The normalized spacial score (nSPS) is 9.30. The van der Waals surface area contributed by atoms with Crippen LogP contribution >= 0.6 is 0 Å². The highest BCUT2D eigenvalue weighted by Crippen LogP contribution is 1.87. The van der Waals surface area contributed by atoms with E-state index < -0.39 is 6.09 Å². The van der Waals surface area contributed by atoms with Gasteiger partial charge < -0.3 is 26.0 Å². The van der Waals surface area contributed by atoms with Crippen LogP contribution in [0.4, 0.5) is 4.79 Å². The third-order valence-corrected chi connectivity index (χ3v) is 1.97. The van der Waals surface area contributed by atoms with Crippen molar-refractivity contribution >= 4 is 6.09 Å². The number of nitrogens with zero attached hydrogens (tertiary/aromatic N) is 1. The van der Waals surface area contributed by atoms with Crippen molar-refractivity contribution in [3.8, 4) is 0 Å². The predicted octanol–water partition coefficient (Wildman–Crippen LogP) is 0.971. The standard InChI is InChI=1S/C8H20N2O2.C5H7NO2/c9-3-1-5-11-7-8-12-6-2-4-10;1-3-6(4-2)5(7)8/h1-10H2;3-4H,1-2H2,(H,7,8). The van der Waals surface area contributed by atoms with Gasteiger partial charge in [0.25, 0.3) is 0 Å². The van der Waals surface area contributed by atoms with Gasteiger partial charge in [-0.15, -0.1) is 0 Å². The van der Waals surface area contributed by atoms with E-state index in [-0.39, 0.29) is 0 Å². The van der Waals surface area contributed by atoms with Gasteiger partial charge in [0, 0.05) is 25.6 Å². The van der Waals surface area contributed by atoms with Crippen molar-refractivity contribution in [1.82, 2.24) is 4.90 Å². The van der Waals surface area contributed by atoms with Crippen molar-refractivity contribution < 1.29 is 19.4 Å². The summed E-state index contributed by atoms with van der Waals surface area (Å²) in [6.07, 6.45) is 3.09. The van der Waals surface area contributed by atoms with Crippen LogP contribution in [0.15, 0.2) is 25.6 Å². The highest BCUT2D eigenvalue weighted by molar-refractivity contribution is 5.67. The number of hydrogen-bond donors (Lipinski definition) is 3. The number of rotatable bonds is 11. The molecule has 0 aliphatic heterocycles. The largest absolute Gasteiger partial charge is 0.464 e. The lowest BCUT2D eigenvalue weighted by Gasteiger charge is -2.03. The van der Waals surface area contributed by atoms with E-state index in [1.54, 1.807) is 0 Å². The Bertz CT molecular complexity index is 232. The van der Waals surface area contributed by atoms with E-state index in [1.807, 2.05) is 0 Å². The van der Waals surface area contributed by atoms with Gasteiger partial charge in [0.15, 0.2) is 0 Å². The van der Waals surface area contributed by atoms with Crippen LogP contribution in [0, 0.1) is 0 Å². The highest BCUT2D eigenvalue weighted by Gasteiger charge is 1.98. The molecule has 0 aliphatic carbocycles. The molecule has 0 aromatic rings. The van der Waals surface area contributed by atoms with Gasteiger partial charge in [0.2, 0.25) is 0 Å². The predicted molar refractivity (Wildman–Crippen MR) is 79.2 cm³/mol. The van der Waals surface area contributed by atoms with Gasteiger partial charge in [-0.25, -0.2) is 4.79 Å². The van der Waals surface area contributed by atoms with Crippen LogP contribution in [0.3, 0.4) is 0 Å². The molecule has 0 aromatic carbocycles. The van der Waals surface area contributed by atoms with Crippen molar-refractivity contribution in [2.75, 3.05) is 39.5 Å². The zero-order chi connectivity index (χ0) is 15.6. The molecule has 0 atom stereocenters. The fourth-order valence-corrected chi connectivity index (χ4v) is 0.923. The second-order valence-electron chi connectivity index (χ2n) is 3.56. The van der Waals surface area contributed by atoms with Gasteiger partial charge in [0.05, 0.1) is 13.2 Å². The van der Waals surface area contributed by atoms with Crippen LogP contribution in [0.1, 0.15) is 12.8 Å². The molecule has 7 heteroatoms. The summed E-state index contributed by atoms with van der Waals surface area (Å²) in [6, 6.07) is 0. The zero-order valence-corrected chi connectivity index (χ0v) is 12.0. The lowest BCUT2D eigenvalue weighted by atomic mass is 10.5. The van der Waals surface area contributed by atoms with E-state index in [0.29, 0.717) is 26.3 Å². The maximum absolute atomic E-state index is 9.94. The third kappa shape index (κ3) is 16.6. The molecule has 118 valence electrons. The van der Waals surface area contributed by atoms with Gasteiger partial charge in [-0.05, 0) is 25.9 Å². The average molecular weight is 289 g/mol. The number of hydrogen-bond acceptors (Lipinski definition) is 5. The van der Waals surface area contributed by atoms with Crippen molar-refractivity contribution in [2.45, 2.75) is 12.8 Å². The van der Waals surface area contributed by atoms with Crippen LogP contribution in [-0.2, 0) is 9.47 Å². The van der Waals surface area contributed by atoms with Crippen LogP contribution in [0.25, 0.3) is 0 Å². The third-order valence-electron chi connectivity index (χ3n) is 1.97. The first-order valence-corrected chi connectivity index (χ1v) is 6.46. The Hall–Kier alpha value is -1.41. The van der Waals surface area contributed by atoms with E-state index in [4.69, 9.17) is 26.0 Å². The van der Waals surface area contributed by atoms with Gasteiger partial charge in [0.1, 0.15) is 0 Å². The SMILES string of the molecule is C=CN(C=C)C(=O)O.NCCCOCCOCCCN. The Labute approximate surface area is 120 Å². The zero-order valence-electron chi connectivity index (χ0n) is 12.0. The summed E-state index contributed by atoms with van der Waals surface area (Å²) in [4.78, 5) is 10.8. The van der Waals surface area contributed by atoms with E-state index >= 15 is 0 Å². The van der Waals surface area contributed by atoms with Crippen molar-refractivity contribution in [3.63, 3.8) is 0 Å². The minimum Gasteiger partial charge on any atom is -0.464 e. The molecule has 0 aromatic heterocycles. The molecular weight excluding hydrogens is 262 g/mol. The first-order valence-electron chi connectivity index (χ1n) is 6.46. The maximum atomic E-state index is 9.94. The van der Waals surface area contributed by atoms with Crippen LogP contribution in [0.2, 0.25) is 0 Å². The van der Waals surface area contributed by atoms with Gasteiger partial charge in [-0.3, -0.25) is 4.90 Å². The van der Waals surface area contributed by atoms with E-state index in [1.165, 1.54) is 0 Å². The molecule has 0 rings (SSSR count). The van der Waals surface area contributed by atoms with Gasteiger partial charge >= 0.3 is 6.09 Å². The minimum atomic E-state index is -1.07. The fraction of sp³-hybridized carbons (Fsp3) is 0.615.